The SMILES string of the molecule is c1ccc2c(c1)-c1cccc3ccc(C4Cc5cccc6cccc4c56)c-2c13. The Balaban J connectivity index is 1.57. The molecule has 0 fully saturated rings. The van der Waals surface area contributed by atoms with Gasteiger partial charge in [0, 0.05) is 5.92 Å². The normalized spacial score (nSPS) is 16.1. The molecular formula is C28H18. The van der Waals surface area contributed by atoms with Gasteiger partial charge in [-0.1, -0.05) is 91.0 Å². The summed E-state index contributed by atoms with van der Waals surface area (Å²) in [6.07, 6.45) is 1.10. The van der Waals surface area contributed by atoms with Crippen LogP contribution in [0.1, 0.15) is 22.6 Å². The van der Waals surface area contributed by atoms with Gasteiger partial charge in [0.25, 0.3) is 0 Å². The van der Waals surface area contributed by atoms with E-state index in [0.29, 0.717) is 5.92 Å². The average molecular weight is 354 g/mol. The van der Waals surface area contributed by atoms with Crippen molar-refractivity contribution in [3.63, 3.8) is 0 Å². The van der Waals surface area contributed by atoms with E-state index in [2.05, 4.69) is 91.0 Å². The molecule has 5 aromatic carbocycles. The van der Waals surface area contributed by atoms with Crippen LogP contribution in [0.2, 0.25) is 0 Å². The lowest BCUT2D eigenvalue weighted by Gasteiger charge is -2.18. The lowest BCUT2D eigenvalue weighted by molar-refractivity contribution is 0.852. The molecular weight excluding hydrogens is 336 g/mol. The molecule has 0 aliphatic heterocycles. The van der Waals surface area contributed by atoms with Gasteiger partial charge in [0.05, 0.1) is 0 Å². The summed E-state index contributed by atoms with van der Waals surface area (Å²) < 4.78 is 0. The van der Waals surface area contributed by atoms with Gasteiger partial charge in [-0.25, -0.2) is 0 Å². The highest BCUT2D eigenvalue weighted by atomic mass is 14.3. The van der Waals surface area contributed by atoms with Gasteiger partial charge in [-0.15, -0.1) is 0 Å². The maximum atomic E-state index is 2.39. The van der Waals surface area contributed by atoms with E-state index >= 15 is 0 Å². The lowest BCUT2D eigenvalue weighted by atomic mass is 9.85. The summed E-state index contributed by atoms with van der Waals surface area (Å²) in [5.41, 5.74) is 10.1. The number of benzene rings is 5. The third-order valence-electron chi connectivity index (χ3n) is 6.76. The molecule has 0 amide bonds. The fourth-order valence-electron chi connectivity index (χ4n) is 5.65. The van der Waals surface area contributed by atoms with Crippen molar-refractivity contribution in [2.24, 2.45) is 0 Å². The van der Waals surface area contributed by atoms with Crippen LogP contribution in [0.4, 0.5) is 0 Å². The second-order valence-corrected chi connectivity index (χ2v) is 8.10. The first-order chi connectivity index (χ1) is 13.9. The van der Waals surface area contributed by atoms with Crippen LogP contribution in [-0.2, 0) is 6.42 Å². The monoisotopic (exact) mass is 354 g/mol. The smallest absolute Gasteiger partial charge is 0.0143 e. The van der Waals surface area contributed by atoms with Crippen molar-refractivity contribution < 1.29 is 0 Å². The Bertz CT molecular complexity index is 1430. The molecule has 7 rings (SSSR count). The largest absolute Gasteiger partial charge is 0.0616 e. The van der Waals surface area contributed by atoms with Crippen molar-refractivity contribution in [3.05, 3.63) is 108 Å². The third-order valence-corrected chi connectivity index (χ3v) is 6.76. The fraction of sp³-hybridized carbons (Fsp3) is 0.0714. The van der Waals surface area contributed by atoms with Crippen LogP contribution in [0.5, 0.6) is 0 Å². The van der Waals surface area contributed by atoms with Crippen LogP contribution in [0.3, 0.4) is 0 Å². The van der Waals surface area contributed by atoms with E-state index in [4.69, 9.17) is 0 Å². The predicted octanol–water partition coefficient (Wildman–Crippen LogP) is 7.33. The Morgan fingerprint density at radius 3 is 2.11 bits per heavy atom. The molecule has 0 bridgehead atoms. The molecule has 1 atom stereocenters. The zero-order valence-electron chi connectivity index (χ0n) is 15.4. The minimum absolute atomic E-state index is 0.430. The summed E-state index contributed by atoms with van der Waals surface area (Å²) in [6.45, 7) is 0. The van der Waals surface area contributed by atoms with E-state index in [9.17, 15) is 0 Å². The molecule has 0 saturated carbocycles. The molecule has 2 aliphatic rings. The maximum absolute atomic E-state index is 2.39. The third kappa shape index (κ3) is 1.71. The first-order valence-corrected chi connectivity index (χ1v) is 10.1. The van der Waals surface area contributed by atoms with E-state index in [1.54, 1.807) is 0 Å². The fourth-order valence-corrected chi connectivity index (χ4v) is 5.65. The average Bonchev–Trinajstić information content (AvgIpc) is 3.29. The topological polar surface area (TPSA) is 0 Å². The van der Waals surface area contributed by atoms with Crippen molar-refractivity contribution in [2.45, 2.75) is 12.3 Å². The molecule has 2 aliphatic carbocycles. The molecule has 0 spiro atoms. The Kier molecular flexibility index (Phi) is 2.67. The van der Waals surface area contributed by atoms with Gasteiger partial charge < -0.3 is 0 Å². The van der Waals surface area contributed by atoms with Crippen LogP contribution in [0.15, 0.2) is 91.0 Å². The number of fused-ring (bicyclic) bond motifs is 3. The van der Waals surface area contributed by atoms with Crippen molar-refractivity contribution >= 4 is 21.5 Å². The highest BCUT2D eigenvalue weighted by Crippen LogP contribution is 2.52. The number of hydrogen-bond donors (Lipinski definition) is 0. The lowest BCUT2D eigenvalue weighted by Crippen LogP contribution is -2.01. The van der Waals surface area contributed by atoms with E-state index < -0.39 is 0 Å². The van der Waals surface area contributed by atoms with Gasteiger partial charge >= 0.3 is 0 Å². The molecule has 130 valence electrons. The Hall–Kier alpha value is -3.38. The van der Waals surface area contributed by atoms with Crippen molar-refractivity contribution in [3.8, 4) is 22.3 Å². The molecule has 5 aromatic rings. The number of rotatable bonds is 1. The Morgan fingerprint density at radius 1 is 0.500 bits per heavy atom. The molecule has 0 N–H and O–H groups in total. The van der Waals surface area contributed by atoms with Crippen LogP contribution in [0, 0.1) is 0 Å². The van der Waals surface area contributed by atoms with E-state index in [-0.39, 0.29) is 0 Å². The van der Waals surface area contributed by atoms with Gasteiger partial charge in [0.2, 0.25) is 0 Å². The first-order valence-electron chi connectivity index (χ1n) is 10.1. The van der Waals surface area contributed by atoms with E-state index in [0.717, 1.165) is 6.42 Å². The predicted molar refractivity (Wildman–Crippen MR) is 118 cm³/mol. The van der Waals surface area contributed by atoms with E-state index in [1.165, 1.54) is 60.5 Å². The van der Waals surface area contributed by atoms with Crippen molar-refractivity contribution in [1.29, 1.82) is 0 Å². The van der Waals surface area contributed by atoms with Gasteiger partial charge in [-0.3, -0.25) is 0 Å². The van der Waals surface area contributed by atoms with Gasteiger partial charge in [0.15, 0.2) is 0 Å². The molecule has 1 unspecified atom stereocenters. The Morgan fingerprint density at radius 2 is 1.21 bits per heavy atom. The van der Waals surface area contributed by atoms with Crippen LogP contribution >= 0.6 is 0 Å². The van der Waals surface area contributed by atoms with Crippen molar-refractivity contribution in [2.75, 3.05) is 0 Å². The molecule has 0 saturated heterocycles. The maximum Gasteiger partial charge on any atom is 0.0143 e. The molecule has 0 radical (unpaired) electrons. The molecule has 0 aromatic heterocycles. The minimum Gasteiger partial charge on any atom is -0.0616 e. The second-order valence-electron chi connectivity index (χ2n) is 8.10. The van der Waals surface area contributed by atoms with Crippen LogP contribution in [0.25, 0.3) is 43.8 Å². The summed E-state index contributed by atoms with van der Waals surface area (Å²) in [5.74, 6) is 0.430. The van der Waals surface area contributed by atoms with Gasteiger partial charge in [0.1, 0.15) is 0 Å². The quantitative estimate of drug-likeness (QED) is 0.290. The number of hydrogen-bond acceptors (Lipinski definition) is 0. The minimum atomic E-state index is 0.430. The summed E-state index contributed by atoms with van der Waals surface area (Å²) in [7, 11) is 0. The summed E-state index contributed by atoms with van der Waals surface area (Å²) in [5, 5.41) is 5.63. The van der Waals surface area contributed by atoms with E-state index in [1.807, 2.05) is 0 Å². The highest BCUT2D eigenvalue weighted by Gasteiger charge is 2.31. The summed E-state index contributed by atoms with van der Waals surface area (Å²) in [6, 6.07) is 33.9. The molecule has 0 heterocycles. The zero-order valence-corrected chi connectivity index (χ0v) is 15.4. The Labute approximate surface area is 164 Å². The van der Waals surface area contributed by atoms with Gasteiger partial charge in [-0.05, 0) is 66.9 Å². The highest BCUT2D eigenvalue weighted by molar-refractivity contribution is 6.16. The first kappa shape index (κ1) is 14.6. The van der Waals surface area contributed by atoms with Crippen molar-refractivity contribution in [1.82, 2.24) is 0 Å². The zero-order chi connectivity index (χ0) is 18.2. The summed E-state index contributed by atoms with van der Waals surface area (Å²) >= 11 is 0. The standard InChI is InChI=1S/C28H18/c1-2-11-22-20(10-1)21-12-5-8-18-14-15-24(28(22)27(18)21)25-16-19-9-3-6-17-7-4-13-23(25)26(17)19/h1-15,25H,16H2. The molecule has 28 heavy (non-hydrogen) atoms. The van der Waals surface area contributed by atoms with Gasteiger partial charge in [-0.2, -0.15) is 0 Å². The molecule has 0 nitrogen and oxygen atoms in total. The van der Waals surface area contributed by atoms with Crippen LogP contribution < -0.4 is 0 Å². The second kappa shape index (κ2) is 5.11. The van der Waals surface area contributed by atoms with Crippen LogP contribution in [-0.4, -0.2) is 0 Å². The summed E-state index contributed by atoms with van der Waals surface area (Å²) in [4.78, 5) is 0. The molecule has 0 heteroatoms.